The van der Waals surface area contributed by atoms with E-state index in [2.05, 4.69) is 15.3 Å². The molecule has 10 heteroatoms. The summed E-state index contributed by atoms with van der Waals surface area (Å²) in [7, 11) is 0. The summed E-state index contributed by atoms with van der Waals surface area (Å²) in [6.07, 6.45) is -3.56. The van der Waals surface area contributed by atoms with Gasteiger partial charge in [-0.25, -0.2) is 18.7 Å². The van der Waals surface area contributed by atoms with Crippen LogP contribution in [-0.4, -0.2) is 9.97 Å². The van der Waals surface area contributed by atoms with Gasteiger partial charge in [0.25, 0.3) is 0 Å². The van der Waals surface area contributed by atoms with Crippen molar-refractivity contribution < 1.29 is 26.7 Å². The van der Waals surface area contributed by atoms with Crippen molar-refractivity contribution in [3.05, 3.63) is 88.7 Å². The van der Waals surface area contributed by atoms with Gasteiger partial charge in [-0.05, 0) is 42.0 Å². The molecule has 0 saturated carbocycles. The first kappa shape index (κ1) is 21.8. The Morgan fingerprint density at radius 2 is 1.78 bits per heavy atom. The van der Waals surface area contributed by atoms with Gasteiger partial charge in [0.15, 0.2) is 0 Å². The van der Waals surface area contributed by atoms with Crippen LogP contribution in [0.25, 0.3) is 10.9 Å². The number of nitrogens with zero attached hydrogens (tertiary/aromatic N) is 2. The standard InChI is InChI=1S/C22H13ClF5N3O/c23-17-8-15-19(9-18(17)25)29-11-30-21(15)31-14-4-5-20(16(7-14)22(26,27)28)32-10-12-2-1-3-13(24)6-12/h1-9,11H,10H2,(H,29,30,31). The lowest BCUT2D eigenvalue weighted by atomic mass is 10.1. The van der Waals surface area contributed by atoms with E-state index < -0.39 is 29.1 Å². The highest BCUT2D eigenvalue weighted by Gasteiger charge is 2.35. The lowest BCUT2D eigenvalue weighted by Crippen LogP contribution is -2.10. The van der Waals surface area contributed by atoms with Crippen molar-refractivity contribution in [3.63, 3.8) is 0 Å². The highest BCUT2D eigenvalue weighted by Crippen LogP contribution is 2.39. The maximum Gasteiger partial charge on any atom is 0.420 e. The summed E-state index contributed by atoms with van der Waals surface area (Å²) in [5, 5.41) is 2.94. The molecule has 0 unspecified atom stereocenters. The van der Waals surface area contributed by atoms with Crippen LogP contribution in [0.2, 0.25) is 5.02 Å². The number of rotatable bonds is 5. The quantitative estimate of drug-likeness (QED) is 0.326. The number of nitrogens with one attached hydrogen (secondary N) is 1. The lowest BCUT2D eigenvalue weighted by molar-refractivity contribution is -0.139. The molecule has 1 aromatic heterocycles. The minimum absolute atomic E-state index is 0.0656. The molecule has 0 amide bonds. The average Bonchev–Trinajstić information content (AvgIpc) is 2.73. The number of benzene rings is 3. The topological polar surface area (TPSA) is 47.0 Å². The van der Waals surface area contributed by atoms with E-state index >= 15 is 0 Å². The van der Waals surface area contributed by atoms with Crippen molar-refractivity contribution in [3.8, 4) is 5.75 Å². The fourth-order valence-corrected chi connectivity index (χ4v) is 3.19. The van der Waals surface area contributed by atoms with Gasteiger partial charge < -0.3 is 10.1 Å². The summed E-state index contributed by atoms with van der Waals surface area (Å²) in [6.45, 7) is -0.242. The molecule has 0 saturated heterocycles. The Morgan fingerprint density at radius 3 is 2.53 bits per heavy atom. The van der Waals surface area contributed by atoms with Crippen molar-refractivity contribution in [2.24, 2.45) is 0 Å². The molecule has 0 spiro atoms. The van der Waals surface area contributed by atoms with Crippen LogP contribution in [-0.2, 0) is 12.8 Å². The van der Waals surface area contributed by atoms with Gasteiger partial charge in [-0.1, -0.05) is 23.7 Å². The zero-order valence-corrected chi connectivity index (χ0v) is 16.8. The molecule has 0 radical (unpaired) electrons. The molecule has 164 valence electrons. The molecule has 3 aromatic carbocycles. The second-order valence-corrected chi connectivity index (χ2v) is 7.17. The Morgan fingerprint density at radius 1 is 0.969 bits per heavy atom. The molecule has 0 aliphatic rings. The number of hydrogen-bond donors (Lipinski definition) is 1. The molecule has 4 nitrogen and oxygen atoms in total. The van der Waals surface area contributed by atoms with E-state index in [0.717, 1.165) is 24.5 Å². The van der Waals surface area contributed by atoms with Gasteiger partial charge in [0.2, 0.25) is 0 Å². The fraction of sp³-hybridized carbons (Fsp3) is 0.0909. The first-order valence-electron chi connectivity index (χ1n) is 9.16. The molecular formula is C22H13ClF5N3O. The first-order chi connectivity index (χ1) is 15.2. The minimum atomic E-state index is -4.71. The Hall–Kier alpha value is -3.46. The van der Waals surface area contributed by atoms with Gasteiger partial charge in [0.1, 0.15) is 36.1 Å². The second kappa shape index (κ2) is 8.58. The van der Waals surface area contributed by atoms with Crippen LogP contribution in [0.3, 0.4) is 0 Å². The third kappa shape index (κ3) is 4.72. The number of aromatic nitrogens is 2. The van der Waals surface area contributed by atoms with E-state index in [4.69, 9.17) is 16.3 Å². The molecule has 0 fully saturated rings. The van der Waals surface area contributed by atoms with E-state index in [1.54, 1.807) is 6.07 Å². The molecule has 4 aromatic rings. The third-order valence-corrected chi connectivity index (χ3v) is 4.80. The number of alkyl halides is 3. The largest absolute Gasteiger partial charge is 0.488 e. The van der Waals surface area contributed by atoms with Crippen LogP contribution in [0.15, 0.2) is 60.9 Å². The number of hydrogen-bond acceptors (Lipinski definition) is 4. The molecule has 0 bridgehead atoms. The molecule has 4 rings (SSSR count). The Kier molecular flexibility index (Phi) is 5.84. The Balaban J connectivity index is 1.65. The number of anilines is 2. The normalized spacial score (nSPS) is 11.6. The van der Waals surface area contributed by atoms with Gasteiger partial charge in [-0.3, -0.25) is 0 Å². The van der Waals surface area contributed by atoms with Gasteiger partial charge >= 0.3 is 6.18 Å². The minimum Gasteiger partial charge on any atom is -0.488 e. The summed E-state index contributed by atoms with van der Waals surface area (Å²) >= 11 is 5.82. The van der Waals surface area contributed by atoms with E-state index in [-0.39, 0.29) is 28.7 Å². The van der Waals surface area contributed by atoms with E-state index in [1.807, 2.05) is 0 Å². The van der Waals surface area contributed by atoms with Gasteiger partial charge in [-0.15, -0.1) is 0 Å². The maximum absolute atomic E-state index is 13.7. The van der Waals surface area contributed by atoms with E-state index in [9.17, 15) is 22.0 Å². The average molecular weight is 466 g/mol. The zero-order chi connectivity index (χ0) is 22.9. The summed E-state index contributed by atoms with van der Waals surface area (Å²) in [6, 6.07) is 11.2. The van der Waals surface area contributed by atoms with E-state index in [1.165, 1.54) is 30.3 Å². The maximum atomic E-state index is 13.7. The zero-order valence-electron chi connectivity index (χ0n) is 16.1. The van der Waals surface area contributed by atoms with Crippen molar-refractivity contribution >= 4 is 34.0 Å². The number of fused-ring (bicyclic) bond motifs is 1. The molecule has 0 aliphatic heterocycles. The third-order valence-electron chi connectivity index (χ3n) is 4.51. The Labute approximate surface area is 183 Å². The lowest BCUT2D eigenvalue weighted by Gasteiger charge is -2.16. The summed E-state index contributed by atoms with van der Waals surface area (Å²) in [5.41, 5.74) is -0.343. The van der Waals surface area contributed by atoms with Gasteiger partial charge in [0, 0.05) is 17.1 Å². The van der Waals surface area contributed by atoms with Crippen LogP contribution in [0, 0.1) is 11.6 Å². The molecule has 32 heavy (non-hydrogen) atoms. The van der Waals surface area contributed by atoms with Crippen molar-refractivity contribution in [1.82, 2.24) is 9.97 Å². The number of ether oxygens (including phenoxy) is 1. The van der Waals surface area contributed by atoms with Crippen LogP contribution < -0.4 is 10.1 Å². The molecule has 1 N–H and O–H groups in total. The smallest absolute Gasteiger partial charge is 0.420 e. The highest BCUT2D eigenvalue weighted by atomic mass is 35.5. The van der Waals surface area contributed by atoms with Crippen LogP contribution in [0.4, 0.5) is 33.5 Å². The summed E-state index contributed by atoms with van der Waals surface area (Å²) < 4.78 is 73.3. The monoisotopic (exact) mass is 465 g/mol. The predicted octanol–water partition coefficient (Wildman–Crippen LogP) is 6.90. The van der Waals surface area contributed by atoms with Crippen LogP contribution >= 0.6 is 11.6 Å². The second-order valence-electron chi connectivity index (χ2n) is 6.76. The molecule has 0 atom stereocenters. The van der Waals surface area contributed by atoms with Gasteiger partial charge in [0.05, 0.1) is 16.1 Å². The first-order valence-corrected chi connectivity index (χ1v) is 9.54. The highest BCUT2D eigenvalue weighted by molar-refractivity contribution is 6.31. The summed E-state index contributed by atoms with van der Waals surface area (Å²) in [4.78, 5) is 7.96. The van der Waals surface area contributed by atoms with E-state index in [0.29, 0.717) is 10.9 Å². The van der Waals surface area contributed by atoms with Crippen molar-refractivity contribution in [1.29, 1.82) is 0 Å². The molecule has 1 heterocycles. The summed E-state index contributed by atoms with van der Waals surface area (Å²) in [5.74, 6) is -1.45. The van der Waals surface area contributed by atoms with Crippen molar-refractivity contribution in [2.75, 3.05) is 5.32 Å². The Bertz CT molecular complexity index is 1300. The number of halogens is 6. The van der Waals surface area contributed by atoms with Crippen molar-refractivity contribution in [2.45, 2.75) is 12.8 Å². The van der Waals surface area contributed by atoms with Crippen LogP contribution in [0.5, 0.6) is 5.75 Å². The predicted molar refractivity (Wildman–Crippen MR) is 110 cm³/mol. The van der Waals surface area contributed by atoms with Crippen LogP contribution in [0.1, 0.15) is 11.1 Å². The SMILES string of the molecule is Fc1cccc(COc2ccc(Nc3ncnc4cc(F)c(Cl)cc34)cc2C(F)(F)F)c1. The fourth-order valence-electron chi connectivity index (χ4n) is 3.03. The van der Waals surface area contributed by atoms with Gasteiger partial charge in [-0.2, -0.15) is 13.2 Å². The molecular weight excluding hydrogens is 453 g/mol. The molecule has 0 aliphatic carbocycles.